The Bertz CT molecular complexity index is 227. The largest absolute Gasteiger partial charge is 0.524 e. The zero-order valence-electron chi connectivity index (χ0n) is 12.0. The summed E-state index contributed by atoms with van der Waals surface area (Å²) in [5.74, 6) is 1.10. The molecule has 0 radical (unpaired) electrons. The zero-order chi connectivity index (χ0) is 12.8. The summed E-state index contributed by atoms with van der Waals surface area (Å²) < 4.78 is 12.1. The Hall–Kier alpha value is -0.283. The van der Waals surface area contributed by atoms with Gasteiger partial charge in [0.25, 0.3) is 0 Å². The molecule has 0 bridgehead atoms. The van der Waals surface area contributed by atoms with Crippen LogP contribution in [0.2, 0.25) is 13.1 Å². The monoisotopic (exact) mass is 244 g/mol. The maximum atomic E-state index is 6.07. The van der Waals surface area contributed by atoms with Gasteiger partial charge in [0, 0.05) is 6.42 Å². The van der Waals surface area contributed by atoms with Gasteiger partial charge in [-0.15, -0.1) is 0 Å². The van der Waals surface area contributed by atoms with Crippen LogP contribution in [0.4, 0.5) is 0 Å². The van der Waals surface area contributed by atoms with Crippen molar-refractivity contribution in [3.8, 4) is 0 Å². The van der Waals surface area contributed by atoms with E-state index in [1.54, 1.807) is 0 Å². The van der Waals surface area contributed by atoms with Crippen LogP contribution in [0, 0.1) is 0 Å². The van der Waals surface area contributed by atoms with Crippen molar-refractivity contribution in [2.24, 2.45) is 0 Å². The van der Waals surface area contributed by atoms with Gasteiger partial charge in [0.1, 0.15) is 0 Å². The van der Waals surface area contributed by atoms with Crippen molar-refractivity contribution < 1.29 is 8.85 Å². The van der Waals surface area contributed by atoms with Crippen LogP contribution in [0.25, 0.3) is 0 Å². The summed E-state index contributed by atoms with van der Waals surface area (Å²) in [6.45, 7) is 14.8. The lowest BCUT2D eigenvalue weighted by Crippen LogP contribution is -2.41. The van der Waals surface area contributed by atoms with Gasteiger partial charge in [0.05, 0.1) is 11.4 Å². The third-order valence-electron chi connectivity index (χ3n) is 1.86. The highest BCUT2D eigenvalue weighted by Gasteiger charge is 2.32. The summed E-state index contributed by atoms with van der Waals surface area (Å²) in [7, 11) is -2.04. The SMILES string of the molecule is CC/C=C(\CCC)O[Si](C)(C)OC(C)(C)C. The fraction of sp³-hybridized carbons (Fsp3) is 0.846. The molecule has 0 aromatic rings. The maximum Gasteiger partial charge on any atom is 0.392 e. The first-order chi connectivity index (χ1) is 7.20. The molecule has 0 amide bonds. The quantitative estimate of drug-likeness (QED) is 0.501. The molecule has 0 fully saturated rings. The fourth-order valence-corrected chi connectivity index (χ4v) is 4.08. The minimum Gasteiger partial charge on any atom is -0.524 e. The highest BCUT2D eigenvalue weighted by Crippen LogP contribution is 2.22. The molecule has 2 nitrogen and oxygen atoms in total. The Balaban J connectivity index is 4.47. The van der Waals surface area contributed by atoms with Crippen LogP contribution in [0.15, 0.2) is 11.8 Å². The Morgan fingerprint density at radius 1 is 1.19 bits per heavy atom. The molecule has 0 aromatic carbocycles. The van der Waals surface area contributed by atoms with Gasteiger partial charge in [-0.2, -0.15) is 0 Å². The summed E-state index contributed by atoms with van der Waals surface area (Å²) in [6.07, 6.45) is 5.32. The topological polar surface area (TPSA) is 18.5 Å². The van der Waals surface area contributed by atoms with E-state index < -0.39 is 8.56 Å². The van der Waals surface area contributed by atoms with Crippen molar-refractivity contribution in [1.29, 1.82) is 0 Å². The van der Waals surface area contributed by atoms with E-state index in [9.17, 15) is 0 Å². The molecule has 0 unspecified atom stereocenters. The average molecular weight is 244 g/mol. The summed E-state index contributed by atoms with van der Waals surface area (Å²) in [4.78, 5) is 0. The molecule has 0 saturated heterocycles. The van der Waals surface area contributed by atoms with Gasteiger partial charge < -0.3 is 8.85 Å². The van der Waals surface area contributed by atoms with Crippen LogP contribution in [-0.4, -0.2) is 14.2 Å². The summed E-state index contributed by atoms with van der Waals surface area (Å²) in [5, 5.41) is 0. The van der Waals surface area contributed by atoms with Crippen molar-refractivity contribution in [1.82, 2.24) is 0 Å². The van der Waals surface area contributed by atoms with E-state index in [1.807, 2.05) is 0 Å². The Morgan fingerprint density at radius 3 is 2.12 bits per heavy atom. The molecular formula is C13H28O2Si. The maximum absolute atomic E-state index is 6.07. The molecule has 96 valence electrons. The average Bonchev–Trinajstić information content (AvgIpc) is 1.98. The van der Waals surface area contributed by atoms with Gasteiger partial charge in [-0.3, -0.25) is 0 Å². The number of allylic oxidation sites excluding steroid dienone is 2. The van der Waals surface area contributed by atoms with Gasteiger partial charge in [0.2, 0.25) is 0 Å². The molecule has 0 atom stereocenters. The molecule has 0 aliphatic heterocycles. The van der Waals surface area contributed by atoms with Gasteiger partial charge in [-0.25, -0.2) is 0 Å². The molecule has 0 spiro atoms. The summed E-state index contributed by atoms with van der Waals surface area (Å²) in [5.41, 5.74) is -0.126. The lowest BCUT2D eigenvalue weighted by Gasteiger charge is -2.32. The van der Waals surface area contributed by atoms with Gasteiger partial charge in [0.15, 0.2) is 0 Å². The third-order valence-corrected chi connectivity index (χ3v) is 3.71. The molecule has 0 aliphatic carbocycles. The van der Waals surface area contributed by atoms with Crippen molar-refractivity contribution in [2.45, 2.75) is 72.6 Å². The molecule has 0 aromatic heterocycles. The van der Waals surface area contributed by atoms with Crippen LogP contribution in [0.1, 0.15) is 53.9 Å². The van der Waals surface area contributed by atoms with Crippen molar-refractivity contribution in [2.75, 3.05) is 0 Å². The lowest BCUT2D eigenvalue weighted by atomic mass is 10.2. The second-order valence-corrected chi connectivity index (χ2v) is 8.75. The minimum atomic E-state index is -2.04. The van der Waals surface area contributed by atoms with Crippen LogP contribution in [0.3, 0.4) is 0 Å². The first kappa shape index (κ1) is 15.7. The number of hydrogen-bond donors (Lipinski definition) is 0. The fourth-order valence-electron chi connectivity index (χ4n) is 1.74. The first-order valence-corrected chi connectivity index (χ1v) is 9.10. The lowest BCUT2D eigenvalue weighted by molar-refractivity contribution is 0.0811. The van der Waals surface area contributed by atoms with E-state index in [1.165, 1.54) is 0 Å². The predicted octanol–water partition coefficient (Wildman–Crippen LogP) is 4.61. The van der Waals surface area contributed by atoms with Crippen molar-refractivity contribution >= 4 is 8.56 Å². The third kappa shape index (κ3) is 7.94. The second-order valence-electron chi connectivity index (χ2n) is 5.55. The zero-order valence-corrected chi connectivity index (χ0v) is 13.0. The predicted molar refractivity (Wildman–Crippen MR) is 72.7 cm³/mol. The standard InChI is InChI=1S/C13H28O2Si/c1-8-10-12(11-9-2)14-16(6,7)15-13(3,4)5/h10H,8-9,11H2,1-7H3/b12-10+. The summed E-state index contributed by atoms with van der Waals surface area (Å²) >= 11 is 0. The number of rotatable bonds is 6. The van der Waals surface area contributed by atoms with E-state index >= 15 is 0 Å². The molecule has 0 rings (SSSR count). The highest BCUT2D eigenvalue weighted by atomic mass is 28.4. The molecule has 3 heteroatoms. The van der Waals surface area contributed by atoms with E-state index in [0.717, 1.165) is 25.0 Å². The van der Waals surface area contributed by atoms with E-state index in [0.29, 0.717) is 0 Å². The van der Waals surface area contributed by atoms with Gasteiger partial charge in [-0.05, 0) is 52.8 Å². The Kier molecular flexibility index (Phi) is 6.34. The van der Waals surface area contributed by atoms with Crippen molar-refractivity contribution in [3.05, 3.63) is 11.8 Å². The molecule has 0 N–H and O–H groups in total. The van der Waals surface area contributed by atoms with Gasteiger partial charge >= 0.3 is 8.56 Å². The Labute approximate surface area is 102 Å². The van der Waals surface area contributed by atoms with E-state index in [-0.39, 0.29) is 5.60 Å². The molecule has 0 heterocycles. The molecule has 0 saturated carbocycles. The smallest absolute Gasteiger partial charge is 0.392 e. The van der Waals surface area contributed by atoms with E-state index in [2.05, 4.69) is 53.8 Å². The molecule has 0 aliphatic rings. The second kappa shape index (κ2) is 6.45. The normalized spacial score (nSPS) is 14.1. The highest BCUT2D eigenvalue weighted by molar-refractivity contribution is 6.64. The van der Waals surface area contributed by atoms with Crippen LogP contribution in [0.5, 0.6) is 0 Å². The first-order valence-electron chi connectivity index (χ1n) is 6.28. The van der Waals surface area contributed by atoms with Crippen LogP contribution in [-0.2, 0) is 8.85 Å². The molecular weight excluding hydrogens is 216 g/mol. The van der Waals surface area contributed by atoms with Crippen LogP contribution >= 0.6 is 0 Å². The minimum absolute atomic E-state index is 0.126. The summed E-state index contributed by atoms with van der Waals surface area (Å²) in [6, 6.07) is 0. The van der Waals surface area contributed by atoms with Crippen molar-refractivity contribution in [3.63, 3.8) is 0 Å². The number of hydrogen-bond acceptors (Lipinski definition) is 2. The van der Waals surface area contributed by atoms with Gasteiger partial charge in [-0.1, -0.05) is 13.8 Å². The van der Waals surface area contributed by atoms with Crippen LogP contribution < -0.4 is 0 Å². The molecule has 16 heavy (non-hydrogen) atoms. The van der Waals surface area contributed by atoms with E-state index in [4.69, 9.17) is 8.85 Å². The Morgan fingerprint density at radius 2 is 1.75 bits per heavy atom.